The molecule has 6 heteroatoms. The van der Waals surface area contributed by atoms with Gasteiger partial charge in [-0.3, -0.25) is 4.79 Å². The fourth-order valence-electron chi connectivity index (χ4n) is 1.23. The predicted molar refractivity (Wildman–Crippen MR) is 56.7 cm³/mol. The second kappa shape index (κ2) is 4.85. The summed E-state index contributed by atoms with van der Waals surface area (Å²) in [6, 6.07) is 0. The summed E-state index contributed by atoms with van der Waals surface area (Å²) in [5.41, 5.74) is -1.89. The minimum atomic E-state index is -1.89. The van der Waals surface area contributed by atoms with Gasteiger partial charge in [0.15, 0.2) is 5.60 Å². The molecular formula is C9H15NO4S. The lowest BCUT2D eigenvalue weighted by molar-refractivity contribution is -0.156. The normalized spacial score (nSPS) is 24.5. The van der Waals surface area contributed by atoms with Gasteiger partial charge in [-0.1, -0.05) is 0 Å². The van der Waals surface area contributed by atoms with E-state index < -0.39 is 11.6 Å². The highest BCUT2D eigenvalue weighted by Crippen LogP contribution is 2.26. The summed E-state index contributed by atoms with van der Waals surface area (Å²) in [4.78, 5) is 22.0. The van der Waals surface area contributed by atoms with Gasteiger partial charge < -0.3 is 15.5 Å². The Morgan fingerprint density at radius 2 is 2.27 bits per heavy atom. The lowest BCUT2D eigenvalue weighted by Gasteiger charge is -2.19. The van der Waals surface area contributed by atoms with E-state index in [9.17, 15) is 14.7 Å². The van der Waals surface area contributed by atoms with Crippen LogP contribution in [0, 0.1) is 0 Å². The van der Waals surface area contributed by atoms with Crippen molar-refractivity contribution in [1.82, 2.24) is 5.32 Å². The molecule has 0 aliphatic carbocycles. The maximum atomic E-state index is 11.5. The largest absolute Gasteiger partial charge is 0.479 e. The Labute approximate surface area is 92.2 Å². The van der Waals surface area contributed by atoms with Gasteiger partial charge in [0, 0.05) is 0 Å². The fraction of sp³-hybridized carbons (Fsp3) is 0.778. The minimum Gasteiger partial charge on any atom is -0.479 e. The van der Waals surface area contributed by atoms with E-state index in [1.807, 2.05) is 0 Å². The molecule has 2 atom stereocenters. The Hall–Kier alpha value is -0.750. The molecule has 1 aliphatic heterocycles. The number of amides is 1. The number of aliphatic carboxylic acids is 1. The van der Waals surface area contributed by atoms with Crippen LogP contribution in [0.25, 0.3) is 0 Å². The lowest BCUT2D eigenvalue weighted by Crippen LogP contribution is -2.48. The molecule has 0 spiro atoms. The Morgan fingerprint density at radius 3 is 2.73 bits per heavy atom. The summed E-state index contributed by atoms with van der Waals surface area (Å²) in [6.45, 7) is 0.912. The zero-order valence-corrected chi connectivity index (χ0v) is 9.34. The Balaban J connectivity index is 2.36. The third-order valence-electron chi connectivity index (χ3n) is 2.29. The van der Waals surface area contributed by atoms with Gasteiger partial charge >= 0.3 is 5.97 Å². The molecule has 86 valence electrons. The molecule has 1 rings (SSSR count). The second-order valence-corrected chi connectivity index (χ2v) is 5.11. The monoisotopic (exact) mass is 233 g/mol. The Kier molecular flexibility index (Phi) is 3.98. The van der Waals surface area contributed by atoms with E-state index in [4.69, 9.17) is 5.11 Å². The van der Waals surface area contributed by atoms with E-state index in [2.05, 4.69) is 5.32 Å². The number of hydrogen-bond donors (Lipinski definition) is 3. The number of carbonyl (C=O) groups is 2. The molecule has 3 N–H and O–H groups in total. The first kappa shape index (κ1) is 12.3. The number of rotatable bonds is 4. The number of nitrogens with one attached hydrogen (secondary N) is 1. The van der Waals surface area contributed by atoms with Crippen LogP contribution in [0.2, 0.25) is 0 Å². The first-order chi connectivity index (χ1) is 6.93. The number of hydrogen-bond acceptors (Lipinski definition) is 4. The van der Waals surface area contributed by atoms with Gasteiger partial charge in [0.05, 0.1) is 11.8 Å². The molecule has 1 heterocycles. The molecule has 0 bridgehead atoms. The average Bonchev–Trinajstić information content (AvgIpc) is 2.66. The van der Waals surface area contributed by atoms with Gasteiger partial charge in [0.1, 0.15) is 0 Å². The van der Waals surface area contributed by atoms with Gasteiger partial charge in [-0.25, -0.2) is 4.79 Å². The first-order valence-electron chi connectivity index (χ1n) is 4.78. The zero-order valence-electron chi connectivity index (χ0n) is 8.52. The summed E-state index contributed by atoms with van der Waals surface area (Å²) in [5.74, 6) is -0.547. The second-order valence-electron chi connectivity index (χ2n) is 3.80. The first-order valence-corrected chi connectivity index (χ1v) is 5.83. The highest BCUT2D eigenvalue weighted by molar-refractivity contribution is 8.00. The standard InChI is InChI=1S/C9H15NO4S/c1-9(14,8(12)13)5-10-7(11)6-3-2-4-15-6/h6,14H,2-5H2,1H3,(H,10,11)(H,12,13). The highest BCUT2D eigenvalue weighted by atomic mass is 32.2. The Morgan fingerprint density at radius 1 is 1.60 bits per heavy atom. The van der Waals surface area contributed by atoms with Crippen molar-refractivity contribution in [1.29, 1.82) is 0 Å². The number of carboxylic acids is 1. The third-order valence-corrected chi connectivity index (χ3v) is 3.67. The molecule has 0 saturated carbocycles. The molecule has 2 unspecified atom stereocenters. The van der Waals surface area contributed by atoms with Crippen LogP contribution in [0.4, 0.5) is 0 Å². The van der Waals surface area contributed by atoms with Crippen LogP contribution < -0.4 is 5.32 Å². The molecule has 0 aromatic heterocycles. The van der Waals surface area contributed by atoms with Crippen LogP contribution in [-0.4, -0.2) is 45.2 Å². The van der Waals surface area contributed by atoms with Crippen molar-refractivity contribution in [3.63, 3.8) is 0 Å². The zero-order chi connectivity index (χ0) is 11.5. The van der Waals surface area contributed by atoms with Gasteiger partial charge in [-0.05, 0) is 25.5 Å². The van der Waals surface area contributed by atoms with E-state index >= 15 is 0 Å². The van der Waals surface area contributed by atoms with Crippen LogP contribution in [0.15, 0.2) is 0 Å². The molecule has 5 nitrogen and oxygen atoms in total. The molecular weight excluding hydrogens is 218 g/mol. The SMILES string of the molecule is CC(O)(CNC(=O)C1CCCS1)C(=O)O. The molecule has 1 amide bonds. The minimum absolute atomic E-state index is 0.0883. The van der Waals surface area contributed by atoms with Gasteiger partial charge in [-0.2, -0.15) is 0 Å². The maximum absolute atomic E-state index is 11.5. The smallest absolute Gasteiger partial charge is 0.337 e. The van der Waals surface area contributed by atoms with E-state index in [1.165, 1.54) is 0 Å². The summed E-state index contributed by atoms with van der Waals surface area (Å²) in [6.07, 6.45) is 1.84. The average molecular weight is 233 g/mol. The van der Waals surface area contributed by atoms with Crippen molar-refractivity contribution in [3.05, 3.63) is 0 Å². The van der Waals surface area contributed by atoms with Crippen molar-refractivity contribution in [2.45, 2.75) is 30.6 Å². The van der Waals surface area contributed by atoms with Crippen molar-refractivity contribution in [2.24, 2.45) is 0 Å². The van der Waals surface area contributed by atoms with Crippen molar-refractivity contribution in [2.75, 3.05) is 12.3 Å². The topological polar surface area (TPSA) is 86.6 Å². The fourth-order valence-corrected chi connectivity index (χ4v) is 2.42. The summed E-state index contributed by atoms with van der Waals surface area (Å²) in [5, 5.41) is 20.3. The van der Waals surface area contributed by atoms with E-state index in [0.717, 1.165) is 25.5 Å². The summed E-state index contributed by atoms with van der Waals surface area (Å²) < 4.78 is 0. The highest BCUT2D eigenvalue weighted by Gasteiger charge is 2.32. The van der Waals surface area contributed by atoms with Crippen LogP contribution in [0.1, 0.15) is 19.8 Å². The molecule has 0 aromatic carbocycles. The Bertz CT molecular complexity index is 261. The lowest BCUT2D eigenvalue weighted by atomic mass is 10.1. The number of aliphatic hydroxyl groups is 1. The molecule has 1 aliphatic rings. The van der Waals surface area contributed by atoms with Gasteiger partial charge in [-0.15, -0.1) is 11.8 Å². The van der Waals surface area contributed by atoms with E-state index in [0.29, 0.717) is 0 Å². The summed E-state index contributed by atoms with van der Waals surface area (Å²) >= 11 is 1.57. The molecule has 0 radical (unpaired) electrons. The van der Waals surface area contributed by atoms with Crippen LogP contribution >= 0.6 is 11.8 Å². The van der Waals surface area contributed by atoms with Crippen molar-refractivity contribution in [3.8, 4) is 0 Å². The number of carbonyl (C=O) groups excluding carboxylic acids is 1. The number of carboxylic acid groups (broad SMARTS) is 1. The van der Waals surface area contributed by atoms with Crippen molar-refractivity contribution >= 4 is 23.6 Å². The predicted octanol–water partition coefficient (Wildman–Crippen LogP) is -0.166. The number of thioether (sulfide) groups is 1. The molecule has 1 saturated heterocycles. The quantitative estimate of drug-likeness (QED) is 0.628. The molecule has 1 fully saturated rings. The van der Waals surface area contributed by atoms with Gasteiger partial charge in [0.25, 0.3) is 0 Å². The molecule has 0 aromatic rings. The van der Waals surface area contributed by atoms with Gasteiger partial charge in [0.2, 0.25) is 5.91 Å². The summed E-state index contributed by atoms with van der Waals surface area (Å²) in [7, 11) is 0. The molecule has 15 heavy (non-hydrogen) atoms. The van der Waals surface area contributed by atoms with E-state index in [-0.39, 0.29) is 17.7 Å². The van der Waals surface area contributed by atoms with Crippen LogP contribution in [0.5, 0.6) is 0 Å². The third kappa shape index (κ3) is 3.39. The van der Waals surface area contributed by atoms with E-state index in [1.54, 1.807) is 11.8 Å². The maximum Gasteiger partial charge on any atom is 0.337 e. The van der Waals surface area contributed by atoms with Crippen LogP contribution in [-0.2, 0) is 9.59 Å². The van der Waals surface area contributed by atoms with Crippen LogP contribution in [0.3, 0.4) is 0 Å². The van der Waals surface area contributed by atoms with Crippen molar-refractivity contribution < 1.29 is 19.8 Å².